The van der Waals surface area contributed by atoms with E-state index in [-0.39, 0.29) is 5.92 Å². The molecule has 3 aromatic heterocycles. The highest BCUT2D eigenvalue weighted by molar-refractivity contribution is 7.11. The van der Waals surface area contributed by atoms with E-state index in [0.717, 1.165) is 5.69 Å². The van der Waals surface area contributed by atoms with Gasteiger partial charge in [0.2, 0.25) is 0 Å². The molecule has 0 saturated carbocycles. The number of carbonyl (C=O) groups excluding carboxylic acids is 2. The zero-order valence-corrected chi connectivity index (χ0v) is 23.3. The van der Waals surface area contributed by atoms with Crippen LogP contribution in [-0.4, -0.2) is 69.8 Å². The van der Waals surface area contributed by atoms with Crippen molar-refractivity contribution in [2.75, 3.05) is 44.3 Å². The average Bonchev–Trinajstić information content (AvgIpc) is 3.20. The van der Waals surface area contributed by atoms with Gasteiger partial charge in [0.15, 0.2) is 0 Å². The predicted octanol–water partition coefficient (Wildman–Crippen LogP) is 4.17. The van der Waals surface area contributed by atoms with E-state index in [1.807, 2.05) is 39.0 Å². The molecule has 0 radical (unpaired) electrons. The molecule has 10 heteroatoms. The van der Waals surface area contributed by atoms with E-state index in [1.165, 1.54) is 34.1 Å². The number of aryl methyl sites for hydroxylation is 1. The number of nitrogen functional groups attached to an aromatic ring is 1. The normalized spacial score (nSPS) is 13.9. The van der Waals surface area contributed by atoms with Gasteiger partial charge in [-0.05, 0) is 45.9 Å². The number of hydrogen-bond acceptors (Lipinski definition) is 8. The van der Waals surface area contributed by atoms with Crippen LogP contribution in [0, 0.1) is 12.8 Å². The number of rotatable bonds is 6. The number of nitrogens with zero attached hydrogens (tertiary/aromatic N) is 5. The van der Waals surface area contributed by atoms with E-state index in [9.17, 15) is 9.59 Å². The van der Waals surface area contributed by atoms with Crippen molar-refractivity contribution in [3.63, 3.8) is 0 Å². The second kappa shape index (κ2) is 12.7. The molecular formula is C27H37N7O2S. The first kappa shape index (κ1) is 28.2. The van der Waals surface area contributed by atoms with Gasteiger partial charge in [-0.25, -0.2) is 9.97 Å². The minimum absolute atomic E-state index is 0.289. The van der Waals surface area contributed by atoms with Crippen LogP contribution in [0.3, 0.4) is 0 Å². The van der Waals surface area contributed by atoms with Gasteiger partial charge in [0, 0.05) is 60.1 Å². The van der Waals surface area contributed by atoms with Crippen LogP contribution in [0.2, 0.25) is 0 Å². The van der Waals surface area contributed by atoms with E-state index in [1.54, 1.807) is 18.5 Å². The molecule has 4 heterocycles. The van der Waals surface area contributed by atoms with Gasteiger partial charge in [-0.3, -0.25) is 14.6 Å². The van der Waals surface area contributed by atoms with Gasteiger partial charge in [0.05, 0.1) is 22.6 Å². The number of hydrogen-bond donors (Lipinski definition) is 2. The molecule has 1 aliphatic heterocycles. The molecule has 2 amide bonds. The smallest absolute Gasteiger partial charge is 0.313 e. The molecule has 4 rings (SSSR count). The number of anilines is 2. The lowest BCUT2D eigenvalue weighted by Crippen LogP contribution is -2.41. The SMILES string of the molecule is C/C=C\c1nc(C2CN(C)C2)sc1C.CCN(CC(C)C)C(=O)C(=O)Nc1cncc2c(N)nccc12. The fourth-order valence-corrected chi connectivity index (χ4v) is 5.09. The Bertz CT molecular complexity index is 1260. The monoisotopic (exact) mass is 523 g/mol. The molecule has 0 unspecified atom stereocenters. The first-order valence-electron chi connectivity index (χ1n) is 12.5. The first-order chi connectivity index (χ1) is 17.6. The van der Waals surface area contributed by atoms with Crippen molar-refractivity contribution in [3.05, 3.63) is 46.3 Å². The number of likely N-dealkylation sites (tertiary alicyclic amines) is 1. The maximum Gasteiger partial charge on any atom is 0.313 e. The quantitative estimate of drug-likeness (QED) is 0.466. The van der Waals surface area contributed by atoms with E-state index in [4.69, 9.17) is 5.73 Å². The fraction of sp³-hybridized carbons (Fsp3) is 0.444. The number of thiazole rings is 1. The van der Waals surface area contributed by atoms with Gasteiger partial charge in [-0.2, -0.15) is 0 Å². The van der Waals surface area contributed by atoms with Gasteiger partial charge < -0.3 is 20.9 Å². The fourth-order valence-electron chi connectivity index (χ4n) is 4.10. The van der Waals surface area contributed by atoms with Crippen LogP contribution in [0.5, 0.6) is 0 Å². The van der Waals surface area contributed by atoms with Crippen LogP contribution in [0.15, 0.2) is 30.7 Å². The molecule has 0 aliphatic carbocycles. The summed E-state index contributed by atoms with van der Waals surface area (Å²) in [6.07, 6.45) is 8.76. The average molecular weight is 524 g/mol. The molecule has 0 aromatic carbocycles. The molecule has 1 saturated heterocycles. The van der Waals surface area contributed by atoms with Crippen molar-refractivity contribution in [2.24, 2.45) is 5.92 Å². The summed E-state index contributed by atoms with van der Waals surface area (Å²) in [6, 6.07) is 1.72. The number of allylic oxidation sites excluding steroid dienone is 1. The van der Waals surface area contributed by atoms with Crippen LogP contribution in [0.25, 0.3) is 16.8 Å². The molecule has 0 bridgehead atoms. The number of nitrogens with two attached hydrogens (primary N) is 1. The number of aromatic nitrogens is 3. The van der Waals surface area contributed by atoms with E-state index >= 15 is 0 Å². The highest BCUT2D eigenvalue weighted by Crippen LogP contribution is 2.31. The van der Waals surface area contributed by atoms with Gasteiger partial charge >= 0.3 is 11.8 Å². The van der Waals surface area contributed by atoms with E-state index < -0.39 is 11.8 Å². The Kier molecular flexibility index (Phi) is 9.71. The Labute approximate surface area is 222 Å². The zero-order valence-electron chi connectivity index (χ0n) is 22.5. The molecule has 1 aliphatic rings. The number of fused-ring (bicyclic) bond motifs is 1. The summed E-state index contributed by atoms with van der Waals surface area (Å²) in [6.45, 7) is 13.4. The molecule has 0 spiro atoms. The highest BCUT2D eigenvalue weighted by Gasteiger charge is 2.27. The topological polar surface area (TPSA) is 117 Å². The van der Waals surface area contributed by atoms with Crippen LogP contribution in [0.1, 0.15) is 49.2 Å². The number of carbonyl (C=O) groups is 2. The summed E-state index contributed by atoms with van der Waals surface area (Å²) in [5, 5.41) is 5.26. The van der Waals surface area contributed by atoms with E-state index in [0.29, 0.717) is 41.3 Å². The van der Waals surface area contributed by atoms with Crippen molar-refractivity contribution in [1.29, 1.82) is 0 Å². The number of pyridine rings is 2. The van der Waals surface area contributed by atoms with Crippen LogP contribution in [-0.2, 0) is 9.59 Å². The molecule has 3 N–H and O–H groups in total. The summed E-state index contributed by atoms with van der Waals surface area (Å²) < 4.78 is 0. The highest BCUT2D eigenvalue weighted by atomic mass is 32.1. The Hall–Kier alpha value is -3.37. The lowest BCUT2D eigenvalue weighted by atomic mass is 10.0. The van der Waals surface area contributed by atoms with Crippen molar-refractivity contribution in [3.8, 4) is 0 Å². The second-order valence-corrected chi connectivity index (χ2v) is 10.8. The largest absolute Gasteiger partial charge is 0.383 e. The van der Waals surface area contributed by atoms with Crippen molar-refractivity contribution < 1.29 is 9.59 Å². The number of likely N-dealkylation sites (N-methyl/N-ethyl adjacent to an activating group) is 2. The Morgan fingerprint density at radius 1 is 1.30 bits per heavy atom. The predicted molar refractivity (Wildman–Crippen MR) is 151 cm³/mol. The molecule has 3 aromatic rings. The summed E-state index contributed by atoms with van der Waals surface area (Å²) in [7, 11) is 2.16. The molecule has 0 atom stereocenters. The Morgan fingerprint density at radius 3 is 2.65 bits per heavy atom. The minimum Gasteiger partial charge on any atom is -0.383 e. The third-order valence-electron chi connectivity index (χ3n) is 6.00. The third-order valence-corrected chi connectivity index (χ3v) is 7.15. The lowest BCUT2D eigenvalue weighted by Gasteiger charge is -2.34. The van der Waals surface area contributed by atoms with E-state index in [2.05, 4.69) is 51.3 Å². The zero-order chi connectivity index (χ0) is 27.1. The van der Waals surface area contributed by atoms with Crippen molar-refractivity contribution in [1.82, 2.24) is 24.8 Å². The maximum absolute atomic E-state index is 12.3. The standard InChI is InChI=1S/C16H21N5O2.C11H16N2S/c1-4-21(9-10(2)3)16(23)15(22)20-13-8-18-7-12-11(13)5-6-19-14(12)17;1-4-5-10-8(2)14-11(12-10)9-6-13(3)7-9/h5-8,10H,4,9H2,1-3H3,(H2,17,19)(H,20,22);4-5,9H,6-7H2,1-3H3/b;5-4-. The van der Waals surface area contributed by atoms with Crippen molar-refractivity contribution in [2.45, 2.75) is 40.5 Å². The van der Waals surface area contributed by atoms with Crippen molar-refractivity contribution >= 4 is 51.5 Å². The van der Waals surface area contributed by atoms with Gasteiger partial charge in [0.25, 0.3) is 0 Å². The number of amides is 2. The first-order valence-corrected chi connectivity index (χ1v) is 13.3. The molecule has 37 heavy (non-hydrogen) atoms. The van der Waals surface area contributed by atoms with Gasteiger partial charge in [-0.1, -0.05) is 19.9 Å². The molecule has 198 valence electrons. The molecule has 1 fully saturated rings. The second-order valence-electron chi connectivity index (χ2n) is 9.58. The van der Waals surface area contributed by atoms with Crippen LogP contribution < -0.4 is 11.1 Å². The van der Waals surface area contributed by atoms with Crippen LogP contribution in [0.4, 0.5) is 11.5 Å². The Balaban J connectivity index is 0.000000231. The lowest BCUT2D eigenvalue weighted by molar-refractivity contribution is -0.143. The summed E-state index contributed by atoms with van der Waals surface area (Å²) in [5.41, 5.74) is 7.40. The minimum atomic E-state index is -0.683. The number of nitrogens with one attached hydrogen (secondary N) is 1. The van der Waals surface area contributed by atoms with Gasteiger partial charge in [-0.15, -0.1) is 11.3 Å². The summed E-state index contributed by atoms with van der Waals surface area (Å²) in [4.78, 5) is 42.4. The maximum atomic E-state index is 12.3. The summed E-state index contributed by atoms with van der Waals surface area (Å²) in [5.74, 6) is 0.0596. The van der Waals surface area contributed by atoms with Crippen LogP contribution >= 0.6 is 11.3 Å². The molecule has 9 nitrogen and oxygen atoms in total. The summed E-state index contributed by atoms with van der Waals surface area (Å²) >= 11 is 1.85. The third kappa shape index (κ3) is 7.11. The van der Waals surface area contributed by atoms with Gasteiger partial charge in [0.1, 0.15) is 5.82 Å². The molecular weight excluding hydrogens is 486 g/mol. The Morgan fingerprint density at radius 2 is 2.03 bits per heavy atom.